The van der Waals surface area contributed by atoms with Crippen LogP contribution in [-0.2, 0) is 4.74 Å². The van der Waals surface area contributed by atoms with Crippen molar-refractivity contribution in [2.24, 2.45) is 0 Å². The molecule has 17 heavy (non-hydrogen) atoms. The molecule has 0 fully saturated rings. The summed E-state index contributed by atoms with van der Waals surface area (Å²) in [4.78, 5) is 0. The van der Waals surface area contributed by atoms with Crippen LogP contribution in [0.25, 0.3) is 0 Å². The summed E-state index contributed by atoms with van der Waals surface area (Å²) in [5.41, 5.74) is 1.23. The van der Waals surface area contributed by atoms with E-state index in [9.17, 15) is 0 Å². The third kappa shape index (κ3) is 6.97. The van der Waals surface area contributed by atoms with E-state index in [1.165, 1.54) is 5.56 Å². The minimum Gasteiger partial charge on any atom is -0.493 e. The van der Waals surface area contributed by atoms with Crippen molar-refractivity contribution >= 4 is 0 Å². The second-order valence-corrected chi connectivity index (χ2v) is 3.98. The fraction of sp³-hybridized carbons (Fsp3) is 0.571. The normalized spacial score (nSPS) is 10.5. The highest BCUT2D eigenvalue weighted by Gasteiger charge is 1.94. The summed E-state index contributed by atoms with van der Waals surface area (Å²) in [5.74, 6) is 0.942. The van der Waals surface area contributed by atoms with Gasteiger partial charge in [-0.25, -0.2) is 0 Å². The molecule has 3 heteroatoms. The quantitative estimate of drug-likeness (QED) is 0.669. The van der Waals surface area contributed by atoms with Crippen LogP contribution in [0.15, 0.2) is 24.3 Å². The maximum atomic E-state index is 5.62. The molecule has 3 nitrogen and oxygen atoms in total. The lowest BCUT2D eigenvalue weighted by Gasteiger charge is -2.07. The average molecular weight is 237 g/mol. The number of ether oxygens (including phenoxy) is 2. The summed E-state index contributed by atoms with van der Waals surface area (Å²) in [6.07, 6.45) is 0.931. The van der Waals surface area contributed by atoms with Crippen LogP contribution < -0.4 is 10.1 Å². The van der Waals surface area contributed by atoms with Gasteiger partial charge in [0, 0.05) is 19.6 Å². The molecule has 0 saturated carbocycles. The van der Waals surface area contributed by atoms with Crippen molar-refractivity contribution in [3.05, 3.63) is 29.8 Å². The van der Waals surface area contributed by atoms with E-state index < -0.39 is 0 Å². The Bertz CT molecular complexity index is 302. The zero-order valence-electron chi connectivity index (χ0n) is 10.9. The van der Waals surface area contributed by atoms with Crippen LogP contribution in [0, 0.1) is 6.92 Å². The Labute approximate surface area is 104 Å². The van der Waals surface area contributed by atoms with Crippen molar-refractivity contribution in [1.82, 2.24) is 5.32 Å². The van der Waals surface area contributed by atoms with E-state index in [-0.39, 0.29) is 0 Å². The number of nitrogens with one attached hydrogen (secondary N) is 1. The second-order valence-electron chi connectivity index (χ2n) is 3.98. The van der Waals surface area contributed by atoms with Gasteiger partial charge >= 0.3 is 0 Å². The molecular formula is C14H23NO2. The Hall–Kier alpha value is -1.06. The van der Waals surface area contributed by atoms with Gasteiger partial charge in [-0.15, -0.1) is 0 Å². The van der Waals surface area contributed by atoms with Gasteiger partial charge in [0.15, 0.2) is 0 Å². The van der Waals surface area contributed by atoms with Gasteiger partial charge in [0.05, 0.1) is 13.2 Å². The van der Waals surface area contributed by atoms with E-state index in [4.69, 9.17) is 9.47 Å². The molecule has 0 saturated heterocycles. The van der Waals surface area contributed by atoms with Gasteiger partial charge in [0.2, 0.25) is 0 Å². The summed E-state index contributed by atoms with van der Waals surface area (Å²) in [7, 11) is 0. The lowest BCUT2D eigenvalue weighted by Crippen LogP contribution is -2.19. The summed E-state index contributed by atoms with van der Waals surface area (Å²) in [6, 6.07) is 8.11. The van der Waals surface area contributed by atoms with Crippen molar-refractivity contribution in [3.8, 4) is 5.75 Å². The first-order valence-corrected chi connectivity index (χ1v) is 6.31. The molecule has 0 amide bonds. The second kappa shape index (κ2) is 9.02. The fourth-order valence-electron chi connectivity index (χ4n) is 1.48. The molecule has 0 aliphatic rings. The summed E-state index contributed by atoms with van der Waals surface area (Å²) in [5, 5.41) is 3.21. The Morgan fingerprint density at radius 1 is 1.18 bits per heavy atom. The highest BCUT2D eigenvalue weighted by atomic mass is 16.5. The molecule has 0 heterocycles. The minimum absolute atomic E-state index is 0.713. The zero-order valence-corrected chi connectivity index (χ0v) is 10.9. The molecule has 0 aliphatic carbocycles. The van der Waals surface area contributed by atoms with E-state index in [1.807, 2.05) is 18.2 Å². The van der Waals surface area contributed by atoms with E-state index in [2.05, 4.69) is 25.2 Å². The predicted molar refractivity (Wildman–Crippen MR) is 70.7 cm³/mol. The van der Waals surface area contributed by atoms with Gasteiger partial charge in [-0.2, -0.15) is 0 Å². The smallest absolute Gasteiger partial charge is 0.119 e. The molecule has 1 aromatic rings. The zero-order chi connectivity index (χ0) is 12.3. The maximum absolute atomic E-state index is 5.62. The third-order valence-electron chi connectivity index (χ3n) is 2.36. The molecule has 0 aromatic heterocycles. The van der Waals surface area contributed by atoms with Gasteiger partial charge in [0.25, 0.3) is 0 Å². The van der Waals surface area contributed by atoms with Crippen molar-refractivity contribution < 1.29 is 9.47 Å². The Morgan fingerprint density at radius 3 is 2.82 bits per heavy atom. The van der Waals surface area contributed by atoms with Gasteiger partial charge in [-0.05, 0) is 31.2 Å². The highest BCUT2D eigenvalue weighted by Crippen LogP contribution is 2.12. The van der Waals surface area contributed by atoms with Crippen LogP contribution in [-0.4, -0.2) is 32.9 Å². The number of hydrogen-bond donors (Lipinski definition) is 1. The van der Waals surface area contributed by atoms with Crippen molar-refractivity contribution in [2.45, 2.75) is 20.3 Å². The van der Waals surface area contributed by atoms with Gasteiger partial charge in [-0.3, -0.25) is 0 Å². The Kier molecular flexibility index (Phi) is 7.43. The van der Waals surface area contributed by atoms with Crippen LogP contribution in [0.3, 0.4) is 0 Å². The van der Waals surface area contributed by atoms with E-state index >= 15 is 0 Å². The number of rotatable bonds is 9. The molecule has 0 atom stereocenters. The van der Waals surface area contributed by atoms with Gasteiger partial charge in [0.1, 0.15) is 5.75 Å². The molecule has 1 rings (SSSR count). The summed E-state index contributed by atoms with van der Waals surface area (Å²) < 4.78 is 11.1. The van der Waals surface area contributed by atoms with Crippen molar-refractivity contribution in [1.29, 1.82) is 0 Å². The first kappa shape index (κ1) is 14.0. The molecular weight excluding hydrogens is 214 g/mol. The lowest BCUT2D eigenvalue weighted by atomic mass is 10.2. The number of hydrogen-bond acceptors (Lipinski definition) is 3. The molecule has 1 N–H and O–H groups in total. The van der Waals surface area contributed by atoms with E-state index in [1.54, 1.807) is 0 Å². The van der Waals surface area contributed by atoms with Crippen molar-refractivity contribution in [2.75, 3.05) is 32.9 Å². The van der Waals surface area contributed by atoms with Gasteiger partial charge < -0.3 is 14.8 Å². The molecule has 96 valence electrons. The molecule has 1 aromatic carbocycles. The van der Waals surface area contributed by atoms with Crippen LogP contribution in [0.5, 0.6) is 5.75 Å². The van der Waals surface area contributed by atoms with Crippen LogP contribution in [0.2, 0.25) is 0 Å². The first-order chi connectivity index (χ1) is 8.33. The average Bonchev–Trinajstić information content (AvgIpc) is 2.33. The molecule has 0 unspecified atom stereocenters. The first-order valence-electron chi connectivity index (χ1n) is 6.31. The SMILES string of the molecule is CCNCCOCCCOc1cccc(C)c1. The van der Waals surface area contributed by atoms with Crippen LogP contribution >= 0.6 is 0 Å². The minimum atomic E-state index is 0.713. The maximum Gasteiger partial charge on any atom is 0.119 e. The van der Waals surface area contributed by atoms with Gasteiger partial charge in [-0.1, -0.05) is 19.1 Å². The Morgan fingerprint density at radius 2 is 2.06 bits per heavy atom. The molecule has 0 aliphatic heterocycles. The fourth-order valence-corrected chi connectivity index (χ4v) is 1.48. The number of aryl methyl sites for hydroxylation is 1. The van der Waals surface area contributed by atoms with Crippen molar-refractivity contribution in [3.63, 3.8) is 0 Å². The van der Waals surface area contributed by atoms with E-state index in [0.29, 0.717) is 6.61 Å². The van der Waals surface area contributed by atoms with Crippen LogP contribution in [0.1, 0.15) is 18.9 Å². The largest absolute Gasteiger partial charge is 0.493 e. The standard InChI is InChI=1S/C14H23NO2/c1-3-15-8-11-16-9-5-10-17-14-7-4-6-13(2)12-14/h4,6-7,12,15H,3,5,8-11H2,1-2H3. The van der Waals surface area contributed by atoms with Crippen LogP contribution in [0.4, 0.5) is 0 Å². The molecule has 0 bridgehead atoms. The monoisotopic (exact) mass is 237 g/mol. The predicted octanol–water partition coefficient (Wildman–Crippen LogP) is 2.39. The molecule has 0 spiro atoms. The topological polar surface area (TPSA) is 30.5 Å². The molecule has 0 radical (unpaired) electrons. The Balaban J connectivity index is 1.97. The number of benzene rings is 1. The number of likely N-dealkylation sites (N-methyl/N-ethyl adjacent to an activating group) is 1. The van der Waals surface area contributed by atoms with E-state index in [0.717, 1.165) is 38.5 Å². The summed E-state index contributed by atoms with van der Waals surface area (Å²) in [6.45, 7) is 8.33. The summed E-state index contributed by atoms with van der Waals surface area (Å²) >= 11 is 0. The lowest BCUT2D eigenvalue weighted by molar-refractivity contribution is 0.121. The highest BCUT2D eigenvalue weighted by molar-refractivity contribution is 5.27. The third-order valence-corrected chi connectivity index (χ3v) is 2.36.